The summed E-state index contributed by atoms with van der Waals surface area (Å²) in [7, 11) is 1.95. The fraction of sp³-hybridized carbons (Fsp3) is 0.333. The zero-order valence-corrected chi connectivity index (χ0v) is 15.8. The molecule has 0 N–H and O–H groups in total. The molecule has 0 amide bonds. The number of imidazole rings is 1. The van der Waals surface area contributed by atoms with Crippen molar-refractivity contribution >= 4 is 27.1 Å². The second kappa shape index (κ2) is 6.91. The quantitative estimate of drug-likeness (QED) is 0.479. The molecule has 0 unspecified atom stereocenters. The van der Waals surface area contributed by atoms with Crippen molar-refractivity contribution in [3.8, 4) is 17.0 Å². The van der Waals surface area contributed by atoms with Crippen molar-refractivity contribution in [1.29, 1.82) is 0 Å². The molecule has 1 aromatic carbocycles. The Kier molecular flexibility index (Phi) is 4.87. The lowest BCUT2D eigenvalue weighted by atomic mass is 10.0. The van der Waals surface area contributed by atoms with Gasteiger partial charge in [-0.05, 0) is 66.0 Å². The molecule has 0 aliphatic rings. The molecule has 0 aliphatic heterocycles. The number of pyridine rings is 1. The third-order valence-corrected chi connectivity index (χ3v) is 4.60. The van der Waals surface area contributed by atoms with Crippen LogP contribution in [-0.2, 0) is 11.8 Å². The van der Waals surface area contributed by atoms with Crippen LogP contribution in [0.2, 0.25) is 0 Å². The predicted molar refractivity (Wildman–Crippen MR) is 98.2 cm³/mol. The van der Waals surface area contributed by atoms with Crippen LogP contribution in [0.5, 0.6) is 5.75 Å². The molecular weight excluding hydrogens is 370 g/mol. The maximum atomic E-state index is 5.84. The van der Waals surface area contributed by atoms with Crippen LogP contribution in [0.15, 0.2) is 29.0 Å². The second-order valence-electron chi connectivity index (χ2n) is 5.69. The molecule has 0 bridgehead atoms. The minimum atomic E-state index is 0.226. The highest BCUT2D eigenvalue weighted by molar-refractivity contribution is 9.10. The fourth-order valence-corrected chi connectivity index (χ4v) is 3.10. The molecule has 0 aliphatic carbocycles. The predicted octanol–water partition coefficient (Wildman–Crippen LogP) is 4.39. The van der Waals surface area contributed by atoms with Gasteiger partial charge in [-0.25, -0.2) is 9.97 Å². The van der Waals surface area contributed by atoms with Crippen LogP contribution in [0.3, 0.4) is 0 Å². The Morgan fingerprint density at radius 2 is 1.96 bits per heavy atom. The zero-order valence-electron chi connectivity index (χ0n) is 14.3. The summed E-state index contributed by atoms with van der Waals surface area (Å²) >= 11 is 3.44. The number of aryl methyl sites for hydroxylation is 3. The van der Waals surface area contributed by atoms with E-state index in [0.717, 1.165) is 38.4 Å². The first-order chi connectivity index (χ1) is 11.5. The van der Waals surface area contributed by atoms with Gasteiger partial charge in [0.25, 0.3) is 0 Å². The summed E-state index contributed by atoms with van der Waals surface area (Å²) < 4.78 is 13.9. The maximum absolute atomic E-state index is 5.84. The van der Waals surface area contributed by atoms with E-state index in [-0.39, 0.29) is 6.79 Å². The standard InChI is InChI=1S/C18H20BrN3O2/c1-5-23-10-24-15-9-11(2)8-12(3)16(15)13-6-7-14-17(20-13)21-18(19)22(14)4/h6-9H,5,10H2,1-4H3. The van der Waals surface area contributed by atoms with Crippen molar-refractivity contribution in [3.63, 3.8) is 0 Å². The largest absolute Gasteiger partial charge is 0.467 e. The van der Waals surface area contributed by atoms with E-state index in [4.69, 9.17) is 14.5 Å². The van der Waals surface area contributed by atoms with E-state index in [1.54, 1.807) is 0 Å². The lowest BCUT2D eigenvalue weighted by Crippen LogP contribution is -2.04. The summed E-state index contributed by atoms with van der Waals surface area (Å²) in [6, 6.07) is 8.17. The van der Waals surface area contributed by atoms with Crippen LogP contribution < -0.4 is 4.74 Å². The van der Waals surface area contributed by atoms with Gasteiger partial charge in [0.1, 0.15) is 5.75 Å². The molecular formula is C18H20BrN3O2. The molecule has 2 heterocycles. The van der Waals surface area contributed by atoms with Crippen molar-refractivity contribution < 1.29 is 9.47 Å². The van der Waals surface area contributed by atoms with Gasteiger partial charge in [0.15, 0.2) is 17.2 Å². The molecule has 0 radical (unpaired) electrons. The van der Waals surface area contributed by atoms with E-state index in [1.165, 1.54) is 0 Å². The molecule has 6 heteroatoms. The van der Waals surface area contributed by atoms with Gasteiger partial charge in [0.05, 0.1) is 11.2 Å². The van der Waals surface area contributed by atoms with Crippen LogP contribution in [0.4, 0.5) is 0 Å². The Labute approximate surface area is 149 Å². The summed E-state index contributed by atoms with van der Waals surface area (Å²) in [5.74, 6) is 0.780. The molecule has 0 saturated carbocycles. The van der Waals surface area contributed by atoms with Crippen LogP contribution in [0, 0.1) is 13.8 Å². The van der Waals surface area contributed by atoms with E-state index in [2.05, 4.69) is 40.8 Å². The first kappa shape index (κ1) is 16.9. The molecule has 3 rings (SSSR count). The average Bonchev–Trinajstić information content (AvgIpc) is 2.81. The highest BCUT2D eigenvalue weighted by atomic mass is 79.9. The number of benzene rings is 1. The fourth-order valence-electron chi connectivity index (χ4n) is 2.75. The Bertz CT molecular complexity index is 890. The normalized spacial score (nSPS) is 11.2. The average molecular weight is 390 g/mol. The second-order valence-corrected chi connectivity index (χ2v) is 6.40. The number of fused-ring (bicyclic) bond motifs is 1. The Morgan fingerprint density at radius 1 is 1.17 bits per heavy atom. The van der Waals surface area contributed by atoms with Crippen molar-refractivity contribution in [2.45, 2.75) is 20.8 Å². The van der Waals surface area contributed by atoms with E-state index < -0.39 is 0 Å². The van der Waals surface area contributed by atoms with E-state index in [1.807, 2.05) is 36.7 Å². The highest BCUT2D eigenvalue weighted by Crippen LogP contribution is 2.34. The topological polar surface area (TPSA) is 49.2 Å². The minimum Gasteiger partial charge on any atom is -0.467 e. The number of hydrogen-bond acceptors (Lipinski definition) is 4. The van der Waals surface area contributed by atoms with Crippen molar-refractivity contribution in [1.82, 2.24) is 14.5 Å². The van der Waals surface area contributed by atoms with Gasteiger partial charge in [0, 0.05) is 19.2 Å². The lowest BCUT2D eigenvalue weighted by molar-refractivity contribution is 0.0227. The number of halogens is 1. The van der Waals surface area contributed by atoms with E-state index >= 15 is 0 Å². The number of aromatic nitrogens is 3. The summed E-state index contributed by atoms with van der Waals surface area (Å²) in [5, 5.41) is 0. The van der Waals surface area contributed by atoms with E-state index in [0.29, 0.717) is 12.3 Å². The number of ether oxygens (including phenoxy) is 2. The van der Waals surface area contributed by atoms with Crippen LogP contribution >= 0.6 is 15.9 Å². The van der Waals surface area contributed by atoms with E-state index in [9.17, 15) is 0 Å². The van der Waals surface area contributed by atoms with Gasteiger partial charge in [-0.1, -0.05) is 6.07 Å². The minimum absolute atomic E-state index is 0.226. The van der Waals surface area contributed by atoms with Crippen LogP contribution in [0.1, 0.15) is 18.1 Å². The smallest absolute Gasteiger partial charge is 0.189 e. The molecule has 0 atom stereocenters. The van der Waals surface area contributed by atoms with Crippen molar-refractivity contribution in [2.75, 3.05) is 13.4 Å². The first-order valence-electron chi connectivity index (χ1n) is 7.82. The Hall–Kier alpha value is -1.92. The number of hydrogen-bond donors (Lipinski definition) is 0. The van der Waals surface area contributed by atoms with Gasteiger partial charge in [0.2, 0.25) is 0 Å². The monoisotopic (exact) mass is 389 g/mol. The van der Waals surface area contributed by atoms with Gasteiger partial charge in [-0.15, -0.1) is 0 Å². The van der Waals surface area contributed by atoms with Gasteiger partial charge in [-0.2, -0.15) is 0 Å². The zero-order chi connectivity index (χ0) is 17.3. The van der Waals surface area contributed by atoms with Crippen molar-refractivity contribution in [2.24, 2.45) is 7.05 Å². The van der Waals surface area contributed by atoms with Gasteiger partial charge >= 0.3 is 0 Å². The van der Waals surface area contributed by atoms with Crippen LogP contribution in [0.25, 0.3) is 22.4 Å². The summed E-state index contributed by atoms with van der Waals surface area (Å²) in [5.41, 5.74) is 5.76. The highest BCUT2D eigenvalue weighted by Gasteiger charge is 2.15. The maximum Gasteiger partial charge on any atom is 0.189 e. The molecule has 126 valence electrons. The Balaban J connectivity index is 2.10. The molecule has 0 saturated heterocycles. The summed E-state index contributed by atoms with van der Waals surface area (Å²) in [6.45, 7) is 6.91. The lowest BCUT2D eigenvalue weighted by Gasteiger charge is -2.15. The van der Waals surface area contributed by atoms with Gasteiger partial charge < -0.3 is 14.0 Å². The van der Waals surface area contributed by atoms with Crippen molar-refractivity contribution in [3.05, 3.63) is 40.1 Å². The Morgan fingerprint density at radius 3 is 2.71 bits per heavy atom. The first-order valence-corrected chi connectivity index (χ1v) is 8.61. The third kappa shape index (κ3) is 3.16. The van der Waals surface area contributed by atoms with Crippen LogP contribution in [-0.4, -0.2) is 27.9 Å². The SMILES string of the molecule is CCOCOc1cc(C)cc(C)c1-c1ccc2c(n1)nc(Br)n2C. The molecule has 3 aromatic rings. The third-order valence-electron chi connectivity index (χ3n) is 3.89. The molecule has 24 heavy (non-hydrogen) atoms. The molecule has 0 spiro atoms. The number of nitrogens with zero attached hydrogens (tertiary/aromatic N) is 3. The molecule has 5 nitrogen and oxygen atoms in total. The molecule has 2 aromatic heterocycles. The van der Waals surface area contributed by atoms with Gasteiger partial charge in [-0.3, -0.25) is 0 Å². The summed E-state index contributed by atoms with van der Waals surface area (Å²) in [4.78, 5) is 9.18. The summed E-state index contributed by atoms with van der Waals surface area (Å²) in [6.07, 6.45) is 0. The number of rotatable bonds is 5. The molecule has 0 fully saturated rings.